The number of hydrogen-bond acceptors (Lipinski definition) is 5. The van der Waals surface area contributed by atoms with Gasteiger partial charge in [0.1, 0.15) is 5.75 Å². The zero-order valence-corrected chi connectivity index (χ0v) is 10.3. The van der Waals surface area contributed by atoms with E-state index in [0.717, 1.165) is 0 Å². The first-order valence-corrected chi connectivity index (χ1v) is 5.46. The van der Waals surface area contributed by atoms with Gasteiger partial charge in [-0.05, 0) is 19.1 Å². The van der Waals surface area contributed by atoms with E-state index >= 15 is 0 Å². The summed E-state index contributed by atoms with van der Waals surface area (Å²) >= 11 is 0. The number of para-hydroxylation sites is 1. The molecule has 1 unspecified atom stereocenters. The molecule has 3 amide bonds. The number of primary amides is 1. The monoisotopic (exact) mass is 266 g/mol. The average molecular weight is 266 g/mol. The van der Waals surface area contributed by atoms with Crippen molar-refractivity contribution >= 4 is 17.9 Å². The predicted octanol–water partition coefficient (Wildman–Crippen LogP) is 0.192. The molecule has 0 radical (unpaired) electrons. The van der Waals surface area contributed by atoms with Crippen LogP contribution in [0.3, 0.4) is 0 Å². The number of benzene rings is 1. The highest BCUT2D eigenvalue weighted by Gasteiger charge is 2.19. The van der Waals surface area contributed by atoms with Crippen LogP contribution in [0.15, 0.2) is 30.3 Å². The molecule has 19 heavy (non-hydrogen) atoms. The molecule has 0 aliphatic carbocycles. The molecule has 0 heterocycles. The van der Waals surface area contributed by atoms with Crippen molar-refractivity contribution in [2.45, 2.75) is 13.0 Å². The third-order valence-corrected chi connectivity index (χ3v) is 2.02. The summed E-state index contributed by atoms with van der Waals surface area (Å²) < 4.78 is 9.88. The van der Waals surface area contributed by atoms with Gasteiger partial charge in [0.15, 0.2) is 12.7 Å². The lowest BCUT2D eigenvalue weighted by molar-refractivity contribution is -0.156. The van der Waals surface area contributed by atoms with Crippen molar-refractivity contribution in [1.29, 1.82) is 0 Å². The van der Waals surface area contributed by atoms with Crippen LogP contribution in [0.5, 0.6) is 5.75 Å². The van der Waals surface area contributed by atoms with E-state index in [4.69, 9.17) is 15.2 Å². The minimum Gasteiger partial charge on any atom is -0.482 e. The average Bonchev–Trinajstić information content (AvgIpc) is 2.36. The van der Waals surface area contributed by atoms with Gasteiger partial charge in [0.05, 0.1) is 0 Å². The third-order valence-electron chi connectivity index (χ3n) is 2.02. The minimum atomic E-state index is -1.13. The summed E-state index contributed by atoms with van der Waals surface area (Å²) in [6.07, 6.45) is -1.13. The molecule has 1 atom stereocenters. The van der Waals surface area contributed by atoms with Gasteiger partial charge in [0.25, 0.3) is 5.91 Å². The number of ether oxygens (including phenoxy) is 2. The van der Waals surface area contributed by atoms with Crippen molar-refractivity contribution < 1.29 is 23.9 Å². The summed E-state index contributed by atoms with van der Waals surface area (Å²) in [6, 6.07) is 7.66. The molecule has 0 fully saturated rings. The van der Waals surface area contributed by atoms with E-state index in [0.29, 0.717) is 5.75 Å². The summed E-state index contributed by atoms with van der Waals surface area (Å²) in [4.78, 5) is 33.0. The molecule has 0 aliphatic heterocycles. The fraction of sp³-hybridized carbons (Fsp3) is 0.250. The predicted molar refractivity (Wildman–Crippen MR) is 65.2 cm³/mol. The number of rotatable bonds is 5. The lowest BCUT2D eigenvalue weighted by Crippen LogP contribution is -2.42. The summed E-state index contributed by atoms with van der Waals surface area (Å²) in [5.74, 6) is -1.01. The number of carbonyl (C=O) groups excluding carboxylic acids is 3. The number of nitrogens with one attached hydrogen (secondary N) is 1. The molecule has 0 saturated carbocycles. The van der Waals surface area contributed by atoms with Crippen LogP contribution < -0.4 is 15.8 Å². The summed E-state index contributed by atoms with van der Waals surface area (Å²) in [5.41, 5.74) is 4.76. The third kappa shape index (κ3) is 5.53. The van der Waals surface area contributed by atoms with Gasteiger partial charge in [-0.2, -0.15) is 0 Å². The van der Waals surface area contributed by atoms with Gasteiger partial charge in [0, 0.05) is 0 Å². The number of esters is 1. The fourth-order valence-corrected chi connectivity index (χ4v) is 1.17. The first kappa shape index (κ1) is 14.5. The Morgan fingerprint density at radius 3 is 2.47 bits per heavy atom. The summed E-state index contributed by atoms with van der Waals surface area (Å²) in [5, 5.41) is 1.80. The van der Waals surface area contributed by atoms with Crippen molar-refractivity contribution in [3.8, 4) is 5.75 Å². The van der Waals surface area contributed by atoms with Crippen LogP contribution >= 0.6 is 0 Å². The number of nitrogens with two attached hydrogens (primary N) is 1. The Hall–Kier alpha value is -2.57. The molecule has 7 heteroatoms. The van der Waals surface area contributed by atoms with Crippen molar-refractivity contribution in [3.05, 3.63) is 30.3 Å². The molecule has 1 aromatic carbocycles. The number of imide groups is 1. The first-order chi connectivity index (χ1) is 8.99. The Morgan fingerprint density at radius 1 is 1.26 bits per heavy atom. The molecule has 0 aromatic heterocycles. The van der Waals surface area contributed by atoms with Crippen LogP contribution in [0, 0.1) is 0 Å². The lowest BCUT2D eigenvalue weighted by Gasteiger charge is -2.12. The van der Waals surface area contributed by atoms with Crippen molar-refractivity contribution in [2.24, 2.45) is 5.73 Å². The maximum absolute atomic E-state index is 11.4. The number of carbonyl (C=O) groups is 3. The van der Waals surface area contributed by atoms with Gasteiger partial charge >= 0.3 is 12.0 Å². The van der Waals surface area contributed by atoms with E-state index in [2.05, 4.69) is 0 Å². The molecule has 1 rings (SSSR count). The minimum absolute atomic E-state index is 0.335. The Morgan fingerprint density at radius 2 is 1.89 bits per heavy atom. The Kier molecular flexibility index (Phi) is 5.34. The molecule has 3 N–H and O–H groups in total. The van der Waals surface area contributed by atoms with Crippen LogP contribution in [0.2, 0.25) is 0 Å². The number of hydrogen-bond donors (Lipinski definition) is 2. The van der Waals surface area contributed by atoms with E-state index in [-0.39, 0.29) is 6.61 Å². The number of urea groups is 1. The SMILES string of the molecule is CC(OC(=O)COc1ccccc1)C(=O)NC(N)=O. The van der Waals surface area contributed by atoms with Crippen LogP contribution in [0.4, 0.5) is 4.79 Å². The Balaban J connectivity index is 2.35. The molecule has 0 aliphatic rings. The Labute approximate surface area is 109 Å². The second-order valence-corrected chi connectivity index (χ2v) is 3.59. The standard InChI is InChI=1S/C12H14N2O5/c1-8(11(16)14-12(13)17)19-10(15)7-18-9-5-3-2-4-6-9/h2-6,8H,7H2,1H3,(H3,13,14,16,17). The highest BCUT2D eigenvalue weighted by atomic mass is 16.6. The van der Waals surface area contributed by atoms with E-state index in [1.807, 2.05) is 0 Å². The smallest absolute Gasteiger partial charge is 0.344 e. The van der Waals surface area contributed by atoms with E-state index in [9.17, 15) is 14.4 Å². The molecular formula is C12H14N2O5. The maximum Gasteiger partial charge on any atom is 0.344 e. The first-order valence-electron chi connectivity index (χ1n) is 5.46. The van der Waals surface area contributed by atoms with E-state index in [1.54, 1.807) is 35.6 Å². The fourth-order valence-electron chi connectivity index (χ4n) is 1.17. The van der Waals surface area contributed by atoms with Crippen molar-refractivity contribution in [3.63, 3.8) is 0 Å². The highest BCUT2D eigenvalue weighted by molar-refractivity contribution is 5.96. The number of amides is 3. The van der Waals surface area contributed by atoms with Gasteiger partial charge in [-0.3, -0.25) is 10.1 Å². The van der Waals surface area contributed by atoms with E-state index < -0.39 is 24.0 Å². The van der Waals surface area contributed by atoms with Crippen LogP contribution in [-0.2, 0) is 14.3 Å². The largest absolute Gasteiger partial charge is 0.482 e. The molecule has 102 valence electrons. The molecule has 1 aromatic rings. The maximum atomic E-state index is 11.4. The topological polar surface area (TPSA) is 108 Å². The van der Waals surface area contributed by atoms with Crippen molar-refractivity contribution in [1.82, 2.24) is 5.32 Å². The zero-order valence-electron chi connectivity index (χ0n) is 10.3. The lowest BCUT2D eigenvalue weighted by atomic mass is 10.3. The summed E-state index contributed by atoms with van der Waals surface area (Å²) in [6.45, 7) is 0.983. The van der Waals surface area contributed by atoms with Gasteiger partial charge in [-0.1, -0.05) is 18.2 Å². The van der Waals surface area contributed by atoms with Gasteiger partial charge in [0.2, 0.25) is 0 Å². The molecule has 0 bridgehead atoms. The van der Waals surface area contributed by atoms with E-state index in [1.165, 1.54) is 6.92 Å². The van der Waals surface area contributed by atoms with Crippen LogP contribution in [0.25, 0.3) is 0 Å². The van der Waals surface area contributed by atoms with Gasteiger partial charge in [-0.15, -0.1) is 0 Å². The quantitative estimate of drug-likeness (QED) is 0.740. The second-order valence-electron chi connectivity index (χ2n) is 3.59. The van der Waals surface area contributed by atoms with Crippen molar-refractivity contribution in [2.75, 3.05) is 6.61 Å². The second kappa shape index (κ2) is 7.00. The molecule has 0 saturated heterocycles. The molecular weight excluding hydrogens is 252 g/mol. The Bertz CT molecular complexity index is 460. The molecule has 7 nitrogen and oxygen atoms in total. The summed E-state index contributed by atoms with van der Waals surface area (Å²) in [7, 11) is 0. The van der Waals surface area contributed by atoms with Crippen LogP contribution in [-0.4, -0.2) is 30.6 Å². The highest BCUT2D eigenvalue weighted by Crippen LogP contribution is 2.08. The normalized spacial score (nSPS) is 11.2. The van der Waals surface area contributed by atoms with Gasteiger partial charge in [-0.25, -0.2) is 9.59 Å². The van der Waals surface area contributed by atoms with Gasteiger partial charge < -0.3 is 15.2 Å². The molecule has 0 spiro atoms. The zero-order chi connectivity index (χ0) is 14.3. The van der Waals surface area contributed by atoms with Crippen LogP contribution in [0.1, 0.15) is 6.92 Å².